The molecule has 2 aromatic carbocycles. The number of benzene rings is 2. The van der Waals surface area contributed by atoms with Gasteiger partial charge in [0, 0.05) is 29.8 Å². The summed E-state index contributed by atoms with van der Waals surface area (Å²) in [5, 5.41) is 0. The monoisotopic (exact) mass is 369 g/mol. The van der Waals surface area contributed by atoms with Crippen LogP contribution in [0.15, 0.2) is 52.3 Å². The number of hydrogen-bond acceptors (Lipinski definition) is 4. The number of fused-ring (bicyclic) bond motifs is 2. The van der Waals surface area contributed by atoms with Gasteiger partial charge in [0.25, 0.3) is 5.91 Å². The quantitative estimate of drug-likeness (QED) is 0.661. The predicted molar refractivity (Wildman–Crippen MR) is 96.1 cm³/mol. The zero-order valence-electron chi connectivity index (χ0n) is 14.4. The maximum Gasteiger partial charge on any atom is 0.253 e. The van der Waals surface area contributed by atoms with Crippen molar-refractivity contribution in [3.63, 3.8) is 0 Å². The molecule has 0 atom stereocenters. The molecule has 1 saturated heterocycles. The number of likely N-dealkylation sites (tertiary alicyclic amines) is 1. The fourth-order valence-electron chi connectivity index (χ4n) is 3.61. The van der Waals surface area contributed by atoms with Crippen molar-refractivity contribution in [2.45, 2.75) is 29.6 Å². The zero-order valence-corrected chi connectivity index (χ0v) is 15.3. The molecule has 0 aliphatic carbocycles. The average molecular weight is 369 g/mol. The van der Waals surface area contributed by atoms with E-state index in [-0.39, 0.29) is 32.6 Å². The van der Waals surface area contributed by atoms with E-state index in [1.807, 2.05) is 0 Å². The third-order valence-electron chi connectivity index (χ3n) is 5.25. The Kier molecular flexibility index (Phi) is 3.95. The van der Waals surface area contributed by atoms with Gasteiger partial charge >= 0.3 is 0 Å². The van der Waals surface area contributed by atoms with Crippen molar-refractivity contribution < 1.29 is 18.0 Å². The van der Waals surface area contributed by atoms with Gasteiger partial charge in [0.15, 0.2) is 5.78 Å². The lowest BCUT2D eigenvalue weighted by Crippen LogP contribution is -2.38. The first kappa shape index (κ1) is 17.0. The number of hydrogen-bond donors (Lipinski definition) is 0. The number of rotatable bonds is 1. The van der Waals surface area contributed by atoms with Gasteiger partial charge in [0.2, 0.25) is 9.84 Å². The molecular weight excluding hydrogens is 350 g/mol. The standard InChI is InChI=1S/C20H19NO4S/c1-13-8-10-21(11-9-13)20(23)14-6-7-16-18(12-14)26(24,25)17-5-3-2-4-15(17)19(16)22/h2-7,12-13H,8-11H2,1H3. The van der Waals surface area contributed by atoms with E-state index in [0.29, 0.717) is 24.6 Å². The number of carbonyl (C=O) groups is 2. The Morgan fingerprint density at radius 2 is 1.65 bits per heavy atom. The Hall–Kier alpha value is -2.47. The van der Waals surface area contributed by atoms with Crippen LogP contribution in [0.4, 0.5) is 0 Å². The molecule has 2 aromatic rings. The van der Waals surface area contributed by atoms with Crippen molar-refractivity contribution in [2.24, 2.45) is 5.92 Å². The molecule has 0 spiro atoms. The molecule has 5 nitrogen and oxygen atoms in total. The molecule has 0 unspecified atom stereocenters. The molecule has 0 aromatic heterocycles. The van der Waals surface area contributed by atoms with Crippen LogP contribution >= 0.6 is 0 Å². The lowest BCUT2D eigenvalue weighted by molar-refractivity contribution is 0.0696. The molecule has 2 heterocycles. The fourth-order valence-corrected chi connectivity index (χ4v) is 5.29. The lowest BCUT2D eigenvalue weighted by Gasteiger charge is -2.30. The van der Waals surface area contributed by atoms with Crippen LogP contribution in [0.3, 0.4) is 0 Å². The Bertz CT molecular complexity index is 1020. The topological polar surface area (TPSA) is 71.5 Å². The molecule has 1 amide bonds. The molecule has 4 rings (SSSR count). The van der Waals surface area contributed by atoms with E-state index in [0.717, 1.165) is 12.8 Å². The van der Waals surface area contributed by atoms with Crippen LogP contribution in [0.1, 0.15) is 46.0 Å². The highest BCUT2D eigenvalue weighted by molar-refractivity contribution is 7.91. The van der Waals surface area contributed by atoms with Gasteiger partial charge in [-0.25, -0.2) is 8.42 Å². The summed E-state index contributed by atoms with van der Waals surface area (Å²) in [5.74, 6) is 0.0921. The Balaban J connectivity index is 1.76. The van der Waals surface area contributed by atoms with E-state index in [2.05, 4.69) is 6.92 Å². The minimum Gasteiger partial charge on any atom is -0.339 e. The number of ketones is 1. The summed E-state index contributed by atoms with van der Waals surface area (Å²) < 4.78 is 25.9. The minimum absolute atomic E-state index is 0.00824. The minimum atomic E-state index is -3.82. The number of amides is 1. The molecule has 2 aliphatic rings. The summed E-state index contributed by atoms with van der Waals surface area (Å²) in [5.41, 5.74) is 0.630. The van der Waals surface area contributed by atoms with Gasteiger partial charge < -0.3 is 4.90 Å². The van der Waals surface area contributed by atoms with Crippen molar-refractivity contribution in [1.82, 2.24) is 4.90 Å². The fraction of sp³-hybridized carbons (Fsp3) is 0.300. The molecule has 134 valence electrons. The molecule has 0 radical (unpaired) electrons. The zero-order chi connectivity index (χ0) is 18.5. The summed E-state index contributed by atoms with van der Waals surface area (Å²) in [4.78, 5) is 27.1. The number of carbonyl (C=O) groups excluding carboxylic acids is 2. The van der Waals surface area contributed by atoms with Gasteiger partial charge in [0.05, 0.1) is 9.79 Å². The first-order valence-electron chi connectivity index (χ1n) is 8.72. The number of sulfone groups is 1. The van der Waals surface area contributed by atoms with E-state index in [1.54, 1.807) is 23.1 Å². The molecular formula is C20H19NO4S. The average Bonchev–Trinajstić information content (AvgIpc) is 2.66. The smallest absolute Gasteiger partial charge is 0.253 e. The van der Waals surface area contributed by atoms with Crippen molar-refractivity contribution in [2.75, 3.05) is 13.1 Å². The van der Waals surface area contributed by atoms with Crippen molar-refractivity contribution in [1.29, 1.82) is 0 Å². The molecule has 26 heavy (non-hydrogen) atoms. The van der Waals surface area contributed by atoms with Gasteiger partial charge in [-0.05, 0) is 49.1 Å². The van der Waals surface area contributed by atoms with Gasteiger partial charge in [-0.1, -0.05) is 19.1 Å². The maximum atomic E-state index is 13.0. The van der Waals surface area contributed by atoms with E-state index < -0.39 is 9.84 Å². The predicted octanol–water partition coefficient (Wildman–Crippen LogP) is 2.94. The Morgan fingerprint density at radius 1 is 1.00 bits per heavy atom. The third kappa shape index (κ3) is 2.56. The number of nitrogens with zero attached hydrogens (tertiary/aromatic N) is 1. The maximum absolute atomic E-state index is 13.0. The van der Waals surface area contributed by atoms with E-state index >= 15 is 0 Å². The molecule has 2 aliphatic heterocycles. The van der Waals surface area contributed by atoms with Gasteiger partial charge in [-0.15, -0.1) is 0 Å². The van der Waals surface area contributed by atoms with E-state index in [4.69, 9.17) is 0 Å². The largest absolute Gasteiger partial charge is 0.339 e. The first-order chi connectivity index (χ1) is 12.4. The normalized spacial score (nSPS) is 19.0. The first-order valence-corrected chi connectivity index (χ1v) is 10.2. The van der Waals surface area contributed by atoms with Crippen molar-refractivity contribution >= 4 is 21.5 Å². The summed E-state index contributed by atoms with van der Waals surface area (Å²) in [6, 6.07) is 10.6. The van der Waals surface area contributed by atoms with Crippen LogP contribution in [-0.4, -0.2) is 38.1 Å². The summed E-state index contributed by atoms with van der Waals surface area (Å²) >= 11 is 0. The van der Waals surface area contributed by atoms with E-state index in [9.17, 15) is 18.0 Å². The second kappa shape index (κ2) is 6.06. The van der Waals surface area contributed by atoms with Gasteiger partial charge in [-0.3, -0.25) is 9.59 Å². The van der Waals surface area contributed by atoms with Crippen molar-refractivity contribution in [3.8, 4) is 0 Å². The second-order valence-electron chi connectivity index (χ2n) is 7.01. The highest BCUT2D eigenvalue weighted by atomic mass is 32.2. The van der Waals surface area contributed by atoms with Gasteiger partial charge in [0.1, 0.15) is 0 Å². The van der Waals surface area contributed by atoms with Crippen LogP contribution in [0.5, 0.6) is 0 Å². The summed E-state index contributed by atoms with van der Waals surface area (Å²) in [7, 11) is -3.82. The second-order valence-corrected chi connectivity index (χ2v) is 8.90. The van der Waals surface area contributed by atoms with Gasteiger partial charge in [-0.2, -0.15) is 0 Å². The molecule has 6 heteroatoms. The summed E-state index contributed by atoms with van der Waals surface area (Å²) in [6.07, 6.45) is 1.89. The van der Waals surface area contributed by atoms with Crippen molar-refractivity contribution in [3.05, 3.63) is 59.2 Å². The molecule has 0 N–H and O–H groups in total. The Labute approximate surface area is 152 Å². The van der Waals surface area contributed by atoms with Crippen LogP contribution in [0, 0.1) is 5.92 Å². The van der Waals surface area contributed by atoms with Crippen LogP contribution in [0.25, 0.3) is 0 Å². The molecule has 0 saturated carbocycles. The Morgan fingerprint density at radius 3 is 2.38 bits per heavy atom. The molecule has 1 fully saturated rings. The lowest BCUT2D eigenvalue weighted by atomic mass is 9.98. The number of piperidine rings is 1. The molecule has 0 bridgehead atoms. The highest BCUT2D eigenvalue weighted by Gasteiger charge is 2.35. The van der Waals surface area contributed by atoms with E-state index in [1.165, 1.54) is 24.3 Å². The van der Waals surface area contributed by atoms with Crippen LogP contribution in [-0.2, 0) is 9.84 Å². The van der Waals surface area contributed by atoms with Crippen LogP contribution < -0.4 is 0 Å². The SMILES string of the molecule is CC1CCN(C(=O)c2ccc3c(c2)S(=O)(=O)c2ccccc2C3=O)CC1. The third-order valence-corrected chi connectivity index (χ3v) is 7.11. The van der Waals surface area contributed by atoms with Crippen LogP contribution in [0.2, 0.25) is 0 Å². The highest BCUT2D eigenvalue weighted by Crippen LogP contribution is 2.35. The summed E-state index contributed by atoms with van der Waals surface area (Å²) in [6.45, 7) is 3.51.